The molecule has 0 bridgehead atoms. The lowest BCUT2D eigenvalue weighted by atomic mass is 9.82. The van der Waals surface area contributed by atoms with Gasteiger partial charge in [-0.3, -0.25) is 4.79 Å². The molecule has 1 amide bonds. The third-order valence-corrected chi connectivity index (χ3v) is 4.51. The summed E-state index contributed by atoms with van der Waals surface area (Å²) in [6.45, 7) is 2.22. The summed E-state index contributed by atoms with van der Waals surface area (Å²) in [6.07, 6.45) is -3.00. The third-order valence-electron chi connectivity index (χ3n) is 4.51. The minimum Gasteiger partial charge on any atom is -0.379 e. The van der Waals surface area contributed by atoms with Crippen LogP contribution in [0.4, 0.5) is 13.2 Å². The Morgan fingerprint density at radius 2 is 2.10 bits per heavy atom. The fourth-order valence-electron chi connectivity index (χ4n) is 2.89. The van der Waals surface area contributed by atoms with Gasteiger partial charge in [-0.05, 0) is 26.2 Å². The zero-order valence-corrected chi connectivity index (χ0v) is 11.5. The van der Waals surface area contributed by atoms with Crippen LogP contribution in [0.25, 0.3) is 0 Å². The summed E-state index contributed by atoms with van der Waals surface area (Å²) >= 11 is 0. The molecule has 4 unspecified atom stereocenters. The second kappa shape index (κ2) is 5.52. The van der Waals surface area contributed by atoms with Crippen molar-refractivity contribution in [3.05, 3.63) is 0 Å². The van der Waals surface area contributed by atoms with Crippen LogP contribution < -0.4 is 11.1 Å². The number of carbonyl (C=O) groups is 1. The van der Waals surface area contributed by atoms with Gasteiger partial charge in [-0.1, -0.05) is 6.42 Å². The first-order valence-corrected chi connectivity index (χ1v) is 6.94. The molecule has 1 saturated carbocycles. The molecule has 7 heteroatoms. The molecule has 1 saturated heterocycles. The van der Waals surface area contributed by atoms with Crippen molar-refractivity contribution in [2.75, 3.05) is 13.2 Å². The number of carbonyl (C=O) groups excluding carboxylic acids is 1. The number of ether oxygens (including phenoxy) is 1. The topological polar surface area (TPSA) is 64.3 Å². The van der Waals surface area contributed by atoms with E-state index in [1.54, 1.807) is 6.92 Å². The summed E-state index contributed by atoms with van der Waals surface area (Å²) in [5.74, 6) is -1.61. The maximum Gasteiger partial charge on any atom is 0.391 e. The second-order valence-corrected chi connectivity index (χ2v) is 6.11. The Bertz CT molecular complexity index is 375. The zero-order valence-electron chi connectivity index (χ0n) is 11.5. The van der Waals surface area contributed by atoms with Crippen molar-refractivity contribution in [2.24, 2.45) is 17.1 Å². The highest BCUT2D eigenvalue weighted by molar-refractivity contribution is 5.83. The zero-order chi connectivity index (χ0) is 15.0. The van der Waals surface area contributed by atoms with E-state index >= 15 is 0 Å². The summed E-state index contributed by atoms with van der Waals surface area (Å²) in [7, 11) is 0. The van der Waals surface area contributed by atoms with Crippen molar-refractivity contribution in [3.8, 4) is 0 Å². The molecule has 20 heavy (non-hydrogen) atoms. The molecule has 2 aliphatic rings. The average Bonchev–Trinajstić information content (AvgIpc) is 2.70. The molecule has 2 rings (SSSR count). The predicted molar refractivity (Wildman–Crippen MR) is 66.8 cm³/mol. The minimum absolute atomic E-state index is 0.0403. The SMILES string of the molecule is CC1(C(=O)NC2CCCC(C(F)(F)F)C2)COCC1N. The van der Waals surface area contributed by atoms with Gasteiger partial charge in [-0.25, -0.2) is 0 Å². The Morgan fingerprint density at radius 3 is 2.65 bits per heavy atom. The van der Waals surface area contributed by atoms with Crippen molar-refractivity contribution in [1.29, 1.82) is 0 Å². The first-order chi connectivity index (χ1) is 9.23. The van der Waals surface area contributed by atoms with Crippen molar-refractivity contribution >= 4 is 5.91 Å². The van der Waals surface area contributed by atoms with Gasteiger partial charge >= 0.3 is 6.18 Å². The first-order valence-electron chi connectivity index (χ1n) is 6.94. The van der Waals surface area contributed by atoms with Crippen molar-refractivity contribution in [2.45, 2.75) is 50.9 Å². The number of amides is 1. The van der Waals surface area contributed by atoms with E-state index in [4.69, 9.17) is 10.5 Å². The lowest BCUT2D eigenvalue weighted by Gasteiger charge is -2.34. The number of nitrogens with one attached hydrogen (secondary N) is 1. The molecule has 1 aliphatic carbocycles. The molecule has 116 valence electrons. The second-order valence-electron chi connectivity index (χ2n) is 6.11. The summed E-state index contributed by atoms with van der Waals surface area (Å²) < 4.78 is 43.4. The van der Waals surface area contributed by atoms with Gasteiger partial charge in [0.15, 0.2) is 0 Å². The molecule has 2 fully saturated rings. The standard InChI is InChI=1S/C13H21F3N2O2/c1-12(7-20-6-10(12)17)11(19)18-9-4-2-3-8(5-9)13(14,15)16/h8-10H,2-7,17H2,1H3,(H,18,19). The maximum atomic E-state index is 12.7. The van der Waals surface area contributed by atoms with E-state index in [2.05, 4.69) is 5.32 Å². The number of hydrogen-bond donors (Lipinski definition) is 2. The largest absolute Gasteiger partial charge is 0.391 e. The third kappa shape index (κ3) is 3.09. The molecule has 0 aromatic carbocycles. The Balaban J connectivity index is 1.94. The van der Waals surface area contributed by atoms with Crippen LogP contribution in [-0.4, -0.2) is 37.4 Å². The van der Waals surface area contributed by atoms with Gasteiger partial charge in [0.05, 0.1) is 24.5 Å². The Hall–Kier alpha value is -0.820. The Morgan fingerprint density at radius 1 is 1.40 bits per heavy atom. The molecule has 3 N–H and O–H groups in total. The molecule has 0 aromatic heterocycles. The summed E-state index contributed by atoms with van der Waals surface area (Å²) in [5, 5.41) is 2.73. The van der Waals surface area contributed by atoms with Gasteiger partial charge in [0.2, 0.25) is 5.91 Å². The highest BCUT2D eigenvalue weighted by Gasteiger charge is 2.46. The van der Waals surface area contributed by atoms with Gasteiger partial charge < -0.3 is 15.8 Å². The van der Waals surface area contributed by atoms with Crippen molar-refractivity contribution in [3.63, 3.8) is 0 Å². The summed E-state index contributed by atoms with van der Waals surface area (Å²) in [4.78, 5) is 12.2. The predicted octanol–water partition coefficient (Wildman–Crippen LogP) is 1.59. The lowest BCUT2D eigenvalue weighted by Crippen LogP contribution is -2.53. The average molecular weight is 294 g/mol. The molecule has 0 aromatic rings. The van der Waals surface area contributed by atoms with Gasteiger partial charge in [0.1, 0.15) is 0 Å². The van der Waals surface area contributed by atoms with E-state index in [1.165, 1.54) is 0 Å². The van der Waals surface area contributed by atoms with E-state index in [0.29, 0.717) is 19.4 Å². The van der Waals surface area contributed by atoms with Crippen LogP contribution in [0.1, 0.15) is 32.6 Å². The van der Waals surface area contributed by atoms with Crippen LogP contribution >= 0.6 is 0 Å². The van der Waals surface area contributed by atoms with Crippen LogP contribution in [0.15, 0.2) is 0 Å². The molecule has 1 aliphatic heterocycles. The van der Waals surface area contributed by atoms with Crippen molar-refractivity contribution in [1.82, 2.24) is 5.32 Å². The minimum atomic E-state index is -4.18. The van der Waals surface area contributed by atoms with Crippen LogP contribution in [0.2, 0.25) is 0 Å². The van der Waals surface area contributed by atoms with Gasteiger partial charge in [0.25, 0.3) is 0 Å². The molecular formula is C13H21F3N2O2. The van der Waals surface area contributed by atoms with E-state index in [1.807, 2.05) is 0 Å². The smallest absolute Gasteiger partial charge is 0.379 e. The Labute approximate surface area is 116 Å². The molecule has 4 atom stereocenters. The molecule has 4 nitrogen and oxygen atoms in total. The van der Waals surface area contributed by atoms with Crippen LogP contribution in [-0.2, 0) is 9.53 Å². The maximum absolute atomic E-state index is 12.7. The number of nitrogens with two attached hydrogens (primary N) is 1. The highest BCUT2D eigenvalue weighted by Crippen LogP contribution is 2.38. The quantitative estimate of drug-likeness (QED) is 0.813. The van der Waals surface area contributed by atoms with E-state index in [9.17, 15) is 18.0 Å². The number of hydrogen-bond acceptors (Lipinski definition) is 3. The fourth-order valence-corrected chi connectivity index (χ4v) is 2.89. The number of alkyl halides is 3. The van der Waals surface area contributed by atoms with Gasteiger partial charge in [-0.2, -0.15) is 13.2 Å². The normalized spacial score (nSPS) is 38.8. The van der Waals surface area contributed by atoms with Crippen molar-refractivity contribution < 1.29 is 22.7 Å². The lowest BCUT2D eigenvalue weighted by molar-refractivity contribution is -0.184. The fraction of sp³-hybridized carbons (Fsp3) is 0.923. The van der Waals surface area contributed by atoms with E-state index < -0.39 is 29.6 Å². The molecular weight excluding hydrogens is 273 g/mol. The van der Waals surface area contributed by atoms with Crippen LogP contribution in [0, 0.1) is 11.3 Å². The molecule has 0 radical (unpaired) electrons. The monoisotopic (exact) mass is 294 g/mol. The van der Waals surface area contributed by atoms with Gasteiger partial charge in [0, 0.05) is 12.1 Å². The summed E-state index contributed by atoms with van der Waals surface area (Å²) in [5.41, 5.74) is 5.01. The number of halogens is 3. The molecule has 0 spiro atoms. The molecule has 1 heterocycles. The van der Waals surface area contributed by atoms with E-state index in [-0.39, 0.29) is 25.4 Å². The highest BCUT2D eigenvalue weighted by atomic mass is 19.4. The van der Waals surface area contributed by atoms with Crippen LogP contribution in [0.3, 0.4) is 0 Å². The summed E-state index contributed by atoms with van der Waals surface area (Å²) in [6, 6.07) is -0.836. The van der Waals surface area contributed by atoms with Gasteiger partial charge in [-0.15, -0.1) is 0 Å². The van der Waals surface area contributed by atoms with Crippen LogP contribution in [0.5, 0.6) is 0 Å². The van der Waals surface area contributed by atoms with E-state index in [0.717, 1.165) is 0 Å². The Kier molecular flexibility index (Phi) is 4.30. The first kappa shape index (κ1) is 15.6. The number of rotatable bonds is 2.